The molecule has 0 bridgehead atoms. The Morgan fingerprint density at radius 3 is 2.60 bits per heavy atom. The molecule has 0 saturated carbocycles. The maximum Gasteiger partial charge on any atom is 0.330 e. The number of aromatic amines is 1. The molecule has 1 saturated heterocycles. The first-order valence-electron chi connectivity index (χ1n) is 10.4. The van der Waals surface area contributed by atoms with Gasteiger partial charge >= 0.3 is 5.69 Å². The van der Waals surface area contributed by atoms with E-state index in [4.69, 9.17) is 19.0 Å². The van der Waals surface area contributed by atoms with Gasteiger partial charge in [-0.25, -0.2) is 9.46 Å². The third kappa shape index (κ3) is 5.99. The summed E-state index contributed by atoms with van der Waals surface area (Å²) in [5, 5.41) is 8.89. The van der Waals surface area contributed by atoms with Crippen molar-refractivity contribution in [1.29, 1.82) is 5.26 Å². The lowest BCUT2D eigenvalue weighted by Crippen LogP contribution is -2.38. The molecule has 1 aromatic heterocycles. The number of nitriles is 1. The van der Waals surface area contributed by atoms with Gasteiger partial charge in [0.1, 0.15) is 6.10 Å². The maximum absolute atomic E-state index is 12.5. The van der Waals surface area contributed by atoms with Crippen molar-refractivity contribution in [2.24, 2.45) is 0 Å². The second-order valence-corrected chi connectivity index (χ2v) is 9.37. The van der Waals surface area contributed by atoms with Crippen molar-refractivity contribution in [3.8, 4) is 6.07 Å². The van der Waals surface area contributed by atoms with E-state index in [1.807, 2.05) is 6.92 Å². The Kier molecular flexibility index (Phi) is 9.20. The highest BCUT2D eigenvalue weighted by Crippen LogP contribution is 2.50. The Morgan fingerprint density at radius 1 is 1.37 bits per heavy atom. The molecule has 1 N–H and O–H groups in total. The monoisotopic (exact) mass is 440 g/mol. The summed E-state index contributed by atoms with van der Waals surface area (Å²) in [6, 6.07) is 2.42. The van der Waals surface area contributed by atoms with E-state index in [0.717, 1.165) is 6.42 Å². The Bertz CT molecular complexity index is 839. The number of hydrogen-bond acceptors (Lipinski definition) is 7. The SMILES string of the molecule is CC[C@@H]1C[C@H](OP(OCCC#N)N(C(C)C)C(C)C)[C@H](n2cc(C)c(=O)[nH]c2=O)O1. The predicted octanol–water partition coefficient (Wildman–Crippen LogP) is 3.20. The molecule has 1 aliphatic heterocycles. The van der Waals surface area contributed by atoms with Crippen molar-refractivity contribution in [2.45, 2.75) is 91.3 Å². The number of ether oxygens (including phenoxy) is 1. The van der Waals surface area contributed by atoms with Crippen molar-refractivity contribution in [2.75, 3.05) is 6.61 Å². The van der Waals surface area contributed by atoms with Gasteiger partial charge in [0.2, 0.25) is 0 Å². The summed E-state index contributed by atoms with van der Waals surface area (Å²) in [5.74, 6) is 0. The molecule has 1 aliphatic rings. The highest BCUT2D eigenvalue weighted by atomic mass is 31.2. The number of nitrogens with zero attached hydrogens (tertiary/aromatic N) is 3. The van der Waals surface area contributed by atoms with Gasteiger partial charge in [0.25, 0.3) is 14.1 Å². The quantitative estimate of drug-likeness (QED) is 0.439. The molecule has 1 unspecified atom stereocenters. The summed E-state index contributed by atoms with van der Waals surface area (Å²) in [4.78, 5) is 26.6. The second kappa shape index (κ2) is 11.2. The average molecular weight is 440 g/mol. The van der Waals surface area contributed by atoms with Crippen LogP contribution in [0.2, 0.25) is 0 Å². The molecular formula is C20H33N4O5P. The Hall–Kier alpha value is -1.56. The van der Waals surface area contributed by atoms with Gasteiger partial charge in [-0.3, -0.25) is 14.3 Å². The van der Waals surface area contributed by atoms with E-state index < -0.39 is 32.1 Å². The molecule has 4 atom stereocenters. The molecule has 0 spiro atoms. The molecule has 9 nitrogen and oxygen atoms in total. The van der Waals surface area contributed by atoms with Gasteiger partial charge in [-0.15, -0.1) is 0 Å². The minimum Gasteiger partial charge on any atom is -0.352 e. The van der Waals surface area contributed by atoms with E-state index in [-0.39, 0.29) is 31.2 Å². The van der Waals surface area contributed by atoms with Crippen LogP contribution in [0.4, 0.5) is 0 Å². The van der Waals surface area contributed by atoms with Gasteiger partial charge in [0.15, 0.2) is 6.23 Å². The van der Waals surface area contributed by atoms with Crippen LogP contribution in [0.25, 0.3) is 0 Å². The fourth-order valence-corrected chi connectivity index (χ4v) is 5.23. The molecule has 10 heteroatoms. The van der Waals surface area contributed by atoms with Gasteiger partial charge in [0.05, 0.1) is 25.2 Å². The Labute approximate surface area is 178 Å². The minimum absolute atomic E-state index is 0.0679. The zero-order valence-electron chi connectivity index (χ0n) is 18.6. The van der Waals surface area contributed by atoms with Crippen LogP contribution in [0, 0.1) is 18.3 Å². The topological polar surface area (TPSA) is 110 Å². The van der Waals surface area contributed by atoms with E-state index in [1.165, 1.54) is 10.8 Å². The van der Waals surface area contributed by atoms with Crippen molar-refractivity contribution >= 4 is 8.53 Å². The van der Waals surface area contributed by atoms with Crippen LogP contribution in [0.1, 0.15) is 65.7 Å². The normalized spacial score (nSPS) is 22.7. The smallest absolute Gasteiger partial charge is 0.330 e. The van der Waals surface area contributed by atoms with Gasteiger partial charge in [-0.1, -0.05) is 6.92 Å². The van der Waals surface area contributed by atoms with E-state index >= 15 is 0 Å². The summed E-state index contributed by atoms with van der Waals surface area (Å²) in [6.07, 6.45) is 2.01. The molecule has 30 heavy (non-hydrogen) atoms. The number of hydrogen-bond donors (Lipinski definition) is 1. The van der Waals surface area contributed by atoms with E-state index in [1.54, 1.807) is 6.92 Å². The van der Waals surface area contributed by atoms with E-state index in [2.05, 4.69) is 43.4 Å². The average Bonchev–Trinajstić information content (AvgIpc) is 3.07. The molecular weight excluding hydrogens is 407 g/mol. The van der Waals surface area contributed by atoms with Gasteiger partial charge in [-0.2, -0.15) is 5.26 Å². The lowest BCUT2D eigenvalue weighted by Gasteiger charge is -2.37. The summed E-state index contributed by atoms with van der Waals surface area (Å²) in [7, 11) is -1.48. The van der Waals surface area contributed by atoms with Crippen molar-refractivity contribution in [3.63, 3.8) is 0 Å². The Morgan fingerprint density at radius 2 is 2.03 bits per heavy atom. The highest BCUT2D eigenvalue weighted by Gasteiger charge is 2.41. The number of aromatic nitrogens is 2. The van der Waals surface area contributed by atoms with E-state index in [9.17, 15) is 9.59 Å². The van der Waals surface area contributed by atoms with Crippen molar-refractivity contribution in [1.82, 2.24) is 14.2 Å². The molecule has 2 rings (SSSR count). The van der Waals surface area contributed by atoms with Gasteiger partial charge in [0, 0.05) is 30.3 Å². The van der Waals surface area contributed by atoms with Crippen LogP contribution >= 0.6 is 8.53 Å². The zero-order valence-corrected chi connectivity index (χ0v) is 19.5. The summed E-state index contributed by atoms with van der Waals surface area (Å²) in [6.45, 7) is 12.2. The molecule has 168 valence electrons. The molecule has 0 amide bonds. The number of nitrogens with one attached hydrogen (secondary N) is 1. The van der Waals surface area contributed by atoms with Crippen LogP contribution in [-0.2, 0) is 13.8 Å². The fourth-order valence-electron chi connectivity index (χ4n) is 3.50. The second-order valence-electron chi connectivity index (χ2n) is 7.96. The first kappa shape index (κ1) is 24.7. The molecule has 1 aromatic rings. The standard InChI is InChI=1S/C20H33N4O5P/c1-7-16-11-17(19(28-16)23-12-15(6)18(25)22-20(23)26)29-30(27-10-8-9-21)24(13(2)3)14(4)5/h12-14,16-17,19H,7-8,10-11H2,1-6H3,(H,22,25,26)/t16-,17+,19-,30?/m1/s1. The van der Waals surface area contributed by atoms with Crippen LogP contribution in [0.5, 0.6) is 0 Å². The maximum atomic E-state index is 12.5. The van der Waals surface area contributed by atoms with Crippen LogP contribution in [0.15, 0.2) is 15.8 Å². The van der Waals surface area contributed by atoms with Gasteiger partial charge < -0.3 is 13.8 Å². The summed E-state index contributed by atoms with van der Waals surface area (Å²) < 4.78 is 22.1. The highest BCUT2D eigenvalue weighted by molar-refractivity contribution is 7.44. The zero-order chi connectivity index (χ0) is 22.4. The lowest BCUT2D eigenvalue weighted by molar-refractivity contribution is -0.0373. The third-order valence-electron chi connectivity index (χ3n) is 4.91. The van der Waals surface area contributed by atoms with Crippen molar-refractivity contribution in [3.05, 3.63) is 32.6 Å². The summed E-state index contributed by atoms with van der Waals surface area (Å²) in [5.41, 5.74) is -0.512. The molecule has 0 aliphatic carbocycles. The first-order valence-corrected chi connectivity index (χ1v) is 11.5. The van der Waals surface area contributed by atoms with Crippen LogP contribution < -0.4 is 11.2 Å². The number of aryl methyl sites for hydroxylation is 1. The molecule has 0 aromatic carbocycles. The summed E-state index contributed by atoms with van der Waals surface area (Å²) >= 11 is 0. The fraction of sp³-hybridized carbons (Fsp3) is 0.750. The lowest BCUT2D eigenvalue weighted by atomic mass is 10.1. The Balaban J connectivity index is 2.35. The van der Waals surface area contributed by atoms with Crippen molar-refractivity contribution < 1.29 is 13.8 Å². The minimum atomic E-state index is -1.48. The molecule has 2 heterocycles. The third-order valence-corrected chi connectivity index (χ3v) is 7.06. The number of H-pyrrole nitrogens is 1. The number of rotatable bonds is 10. The van der Waals surface area contributed by atoms with Crippen LogP contribution in [-0.4, -0.2) is 45.1 Å². The largest absolute Gasteiger partial charge is 0.352 e. The molecule has 1 fully saturated rings. The van der Waals surface area contributed by atoms with Gasteiger partial charge in [-0.05, 0) is 41.0 Å². The van der Waals surface area contributed by atoms with Crippen LogP contribution in [0.3, 0.4) is 0 Å². The van der Waals surface area contributed by atoms with E-state index in [0.29, 0.717) is 12.0 Å². The first-order chi connectivity index (χ1) is 14.2. The predicted molar refractivity (Wildman–Crippen MR) is 115 cm³/mol. The molecule has 0 radical (unpaired) electrons.